The van der Waals surface area contributed by atoms with Crippen LogP contribution in [0.25, 0.3) is 0 Å². The van der Waals surface area contributed by atoms with Gasteiger partial charge in [-0.2, -0.15) is 0 Å². The largest absolute Gasteiger partial charge is 0.397 e. The second kappa shape index (κ2) is 4.11. The lowest BCUT2D eigenvalue weighted by atomic mass is 10.2. The highest BCUT2D eigenvalue weighted by Crippen LogP contribution is 2.32. The molecule has 1 fully saturated rings. The van der Waals surface area contributed by atoms with E-state index in [9.17, 15) is 5.11 Å². The number of hydrogen-bond acceptors (Lipinski definition) is 3. The van der Waals surface area contributed by atoms with Crippen LogP contribution < -0.4 is 11.1 Å². The molecule has 1 saturated carbocycles. The second-order valence-corrected chi connectivity index (χ2v) is 4.38. The lowest BCUT2D eigenvalue weighted by molar-refractivity contribution is 0.164. The minimum absolute atomic E-state index is 0.231. The quantitative estimate of drug-likeness (QED) is 0.658. The van der Waals surface area contributed by atoms with Gasteiger partial charge in [-0.05, 0) is 43.4 Å². The average molecular weight is 206 g/mol. The molecule has 0 aromatic heterocycles. The molecule has 0 amide bonds. The molecule has 15 heavy (non-hydrogen) atoms. The Kier molecular flexibility index (Phi) is 2.82. The van der Waals surface area contributed by atoms with Gasteiger partial charge in [0.1, 0.15) is 0 Å². The van der Waals surface area contributed by atoms with Gasteiger partial charge in [0.15, 0.2) is 0 Å². The molecular weight excluding hydrogens is 188 g/mol. The van der Waals surface area contributed by atoms with Crippen LogP contribution in [-0.2, 0) is 0 Å². The van der Waals surface area contributed by atoms with Crippen LogP contribution in [0.15, 0.2) is 18.2 Å². The smallest absolute Gasteiger partial charge is 0.0740 e. The fraction of sp³-hybridized carbons (Fsp3) is 0.500. The Morgan fingerprint density at radius 1 is 1.53 bits per heavy atom. The first-order valence-corrected chi connectivity index (χ1v) is 5.45. The third-order valence-corrected chi connectivity index (χ3v) is 2.87. The van der Waals surface area contributed by atoms with Crippen molar-refractivity contribution in [3.8, 4) is 0 Å². The molecule has 1 aliphatic rings. The zero-order valence-corrected chi connectivity index (χ0v) is 9.03. The molecule has 1 aromatic rings. The van der Waals surface area contributed by atoms with E-state index in [1.807, 2.05) is 25.1 Å². The van der Waals surface area contributed by atoms with E-state index < -0.39 is 0 Å². The van der Waals surface area contributed by atoms with E-state index in [1.165, 1.54) is 0 Å². The summed E-state index contributed by atoms with van der Waals surface area (Å²) in [5, 5.41) is 12.9. The predicted molar refractivity (Wildman–Crippen MR) is 62.8 cm³/mol. The Labute approximate surface area is 90.3 Å². The number of nitrogen functional groups attached to an aromatic ring is 1. The first-order chi connectivity index (χ1) is 7.16. The van der Waals surface area contributed by atoms with Gasteiger partial charge in [-0.3, -0.25) is 0 Å². The van der Waals surface area contributed by atoms with Gasteiger partial charge in [0.25, 0.3) is 0 Å². The number of benzene rings is 1. The summed E-state index contributed by atoms with van der Waals surface area (Å²) in [5.41, 5.74) is 8.67. The van der Waals surface area contributed by atoms with Crippen LogP contribution in [0.1, 0.15) is 18.4 Å². The van der Waals surface area contributed by atoms with Crippen molar-refractivity contribution >= 4 is 11.4 Å². The maximum Gasteiger partial charge on any atom is 0.0740 e. The summed E-state index contributed by atoms with van der Waals surface area (Å²) < 4.78 is 0. The molecule has 1 aliphatic carbocycles. The van der Waals surface area contributed by atoms with Gasteiger partial charge in [-0.1, -0.05) is 6.07 Å². The molecule has 82 valence electrons. The molecule has 0 radical (unpaired) electrons. The van der Waals surface area contributed by atoms with E-state index in [0.29, 0.717) is 12.5 Å². The summed E-state index contributed by atoms with van der Waals surface area (Å²) >= 11 is 0. The minimum atomic E-state index is -0.231. The molecule has 3 nitrogen and oxygen atoms in total. The van der Waals surface area contributed by atoms with Crippen LogP contribution in [-0.4, -0.2) is 17.8 Å². The summed E-state index contributed by atoms with van der Waals surface area (Å²) in [5.74, 6) is 0.504. The van der Waals surface area contributed by atoms with E-state index in [2.05, 4.69) is 5.32 Å². The van der Waals surface area contributed by atoms with Crippen molar-refractivity contribution in [2.75, 3.05) is 17.6 Å². The molecule has 0 bridgehead atoms. The highest BCUT2D eigenvalue weighted by Gasteiger charge is 2.29. The third-order valence-electron chi connectivity index (χ3n) is 2.87. The summed E-state index contributed by atoms with van der Waals surface area (Å²) in [6.07, 6.45) is 2.09. The van der Waals surface area contributed by atoms with Gasteiger partial charge in [0, 0.05) is 6.54 Å². The summed E-state index contributed by atoms with van der Waals surface area (Å²) in [6.45, 7) is 2.61. The van der Waals surface area contributed by atoms with Crippen LogP contribution >= 0.6 is 0 Å². The van der Waals surface area contributed by atoms with Gasteiger partial charge in [-0.15, -0.1) is 0 Å². The van der Waals surface area contributed by atoms with Crippen LogP contribution in [0.3, 0.4) is 0 Å². The second-order valence-electron chi connectivity index (χ2n) is 4.38. The summed E-state index contributed by atoms with van der Waals surface area (Å²) in [4.78, 5) is 0. The molecule has 4 N–H and O–H groups in total. The zero-order valence-electron chi connectivity index (χ0n) is 9.03. The van der Waals surface area contributed by atoms with E-state index in [-0.39, 0.29) is 6.10 Å². The van der Waals surface area contributed by atoms with Crippen LogP contribution in [0.5, 0.6) is 0 Å². The fourth-order valence-corrected chi connectivity index (χ4v) is 1.71. The first kappa shape index (κ1) is 10.3. The topological polar surface area (TPSA) is 58.3 Å². The number of nitrogens with one attached hydrogen (secondary N) is 1. The van der Waals surface area contributed by atoms with Crippen LogP contribution in [0.2, 0.25) is 0 Å². The number of aliphatic hydroxyl groups is 1. The number of anilines is 2. The van der Waals surface area contributed by atoms with Crippen molar-refractivity contribution < 1.29 is 5.11 Å². The molecule has 3 heteroatoms. The maximum absolute atomic E-state index is 9.69. The normalized spacial score (nSPS) is 17.5. The number of rotatable bonds is 4. The molecule has 0 heterocycles. The SMILES string of the molecule is Cc1ccc(NCC(O)C2CC2)c(N)c1. The Bertz CT molecular complexity index is 347. The third kappa shape index (κ3) is 2.63. The van der Waals surface area contributed by atoms with Gasteiger partial charge in [-0.25, -0.2) is 0 Å². The van der Waals surface area contributed by atoms with Crippen LogP contribution in [0.4, 0.5) is 11.4 Å². The molecule has 1 atom stereocenters. The standard InChI is InChI=1S/C12H18N2O/c1-8-2-5-11(10(13)6-8)14-7-12(15)9-3-4-9/h2,5-6,9,12,14-15H,3-4,7,13H2,1H3. The van der Waals surface area contributed by atoms with Crippen molar-refractivity contribution in [2.45, 2.75) is 25.9 Å². The first-order valence-electron chi connectivity index (χ1n) is 5.45. The lowest BCUT2D eigenvalue weighted by Gasteiger charge is -2.13. The fourth-order valence-electron chi connectivity index (χ4n) is 1.71. The molecular formula is C12H18N2O. The summed E-state index contributed by atoms with van der Waals surface area (Å²) in [6, 6.07) is 5.92. The maximum atomic E-state index is 9.69. The predicted octanol–water partition coefficient (Wildman–Crippen LogP) is 1.76. The van der Waals surface area contributed by atoms with Crippen molar-refractivity contribution in [2.24, 2.45) is 5.92 Å². The Hall–Kier alpha value is -1.22. The molecule has 2 rings (SSSR count). The lowest BCUT2D eigenvalue weighted by Crippen LogP contribution is -2.21. The molecule has 1 aromatic carbocycles. The number of aliphatic hydroxyl groups excluding tert-OH is 1. The van der Waals surface area contributed by atoms with Gasteiger partial charge >= 0.3 is 0 Å². The Morgan fingerprint density at radius 3 is 2.87 bits per heavy atom. The van der Waals surface area contributed by atoms with Crippen molar-refractivity contribution in [1.82, 2.24) is 0 Å². The van der Waals surface area contributed by atoms with Gasteiger partial charge < -0.3 is 16.2 Å². The molecule has 0 aliphatic heterocycles. The van der Waals surface area contributed by atoms with Crippen LogP contribution in [0, 0.1) is 12.8 Å². The van der Waals surface area contributed by atoms with E-state index in [0.717, 1.165) is 29.8 Å². The Morgan fingerprint density at radius 2 is 2.27 bits per heavy atom. The highest BCUT2D eigenvalue weighted by molar-refractivity contribution is 5.66. The number of hydrogen-bond donors (Lipinski definition) is 3. The minimum Gasteiger partial charge on any atom is -0.397 e. The molecule has 0 saturated heterocycles. The zero-order chi connectivity index (χ0) is 10.8. The highest BCUT2D eigenvalue weighted by atomic mass is 16.3. The van der Waals surface area contributed by atoms with Crippen molar-refractivity contribution in [1.29, 1.82) is 0 Å². The van der Waals surface area contributed by atoms with Crippen molar-refractivity contribution in [3.63, 3.8) is 0 Å². The van der Waals surface area contributed by atoms with Crippen molar-refractivity contribution in [3.05, 3.63) is 23.8 Å². The average Bonchev–Trinajstić information content (AvgIpc) is 2.99. The Balaban J connectivity index is 1.92. The van der Waals surface area contributed by atoms with Gasteiger partial charge in [0.2, 0.25) is 0 Å². The van der Waals surface area contributed by atoms with E-state index in [1.54, 1.807) is 0 Å². The van der Waals surface area contributed by atoms with E-state index in [4.69, 9.17) is 5.73 Å². The van der Waals surface area contributed by atoms with Gasteiger partial charge in [0.05, 0.1) is 17.5 Å². The molecule has 1 unspecified atom stereocenters. The monoisotopic (exact) mass is 206 g/mol. The van der Waals surface area contributed by atoms with E-state index >= 15 is 0 Å². The molecule has 0 spiro atoms. The summed E-state index contributed by atoms with van der Waals surface area (Å²) in [7, 11) is 0. The number of nitrogens with two attached hydrogens (primary N) is 1. The number of aryl methyl sites for hydroxylation is 1.